The summed E-state index contributed by atoms with van der Waals surface area (Å²) in [5, 5.41) is 3.91. The van der Waals surface area contributed by atoms with Crippen LogP contribution in [0.3, 0.4) is 0 Å². The fourth-order valence-corrected chi connectivity index (χ4v) is 4.36. The zero-order valence-electron chi connectivity index (χ0n) is 18.1. The molecule has 0 aliphatic rings. The number of nitrogens with one attached hydrogen (secondary N) is 1. The van der Waals surface area contributed by atoms with Crippen molar-refractivity contribution in [1.29, 1.82) is 0 Å². The highest BCUT2D eigenvalue weighted by Crippen LogP contribution is 2.27. The second kappa shape index (κ2) is 9.28. The predicted octanol–water partition coefficient (Wildman–Crippen LogP) is 4.74. The number of anilines is 1. The third-order valence-electron chi connectivity index (χ3n) is 5.15. The highest BCUT2D eigenvalue weighted by atomic mass is 32.2. The number of carbonyl (C=O) groups excluding carboxylic acids is 1. The SMILES string of the molecule is COc1ccccc1-n1c(SCC(=O)Nc2c(C)cccc2C)nc2ccccc2c1=O. The molecule has 6 nitrogen and oxygen atoms in total. The van der Waals surface area contributed by atoms with E-state index in [1.54, 1.807) is 31.4 Å². The van der Waals surface area contributed by atoms with Gasteiger partial charge < -0.3 is 10.1 Å². The second-order valence-electron chi connectivity index (χ2n) is 7.33. The van der Waals surface area contributed by atoms with Crippen LogP contribution in [0.15, 0.2) is 76.7 Å². The molecule has 32 heavy (non-hydrogen) atoms. The highest BCUT2D eigenvalue weighted by Gasteiger charge is 2.17. The number of methoxy groups -OCH3 is 1. The number of nitrogens with zero attached hydrogens (tertiary/aromatic N) is 2. The van der Waals surface area contributed by atoms with Gasteiger partial charge in [-0.1, -0.05) is 54.2 Å². The Morgan fingerprint density at radius 3 is 2.44 bits per heavy atom. The van der Waals surface area contributed by atoms with Crippen LogP contribution < -0.4 is 15.6 Å². The van der Waals surface area contributed by atoms with Gasteiger partial charge in [-0.2, -0.15) is 0 Å². The number of hydrogen-bond acceptors (Lipinski definition) is 5. The van der Waals surface area contributed by atoms with Crippen LogP contribution in [0.2, 0.25) is 0 Å². The molecule has 0 spiro atoms. The molecule has 1 N–H and O–H groups in total. The Kier molecular flexibility index (Phi) is 6.28. The molecule has 1 amide bonds. The molecule has 0 bridgehead atoms. The fraction of sp³-hybridized carbons (Fsp3) is 0.160. The molecule has 0 saturated carbocycles. The molecule has 4 aromatic rings. The Hall–Kier alpha value is -3.58. The van der Waals surface area contributed by atoms with Gasteiger partial charge in [0.15, 0.2) is 5.16 Å². The Morgan fingerprint density at radius 2 is 1.69 bits per heavy atom. The Morgan fingerprint density at radius 1 is 1.00 bits per heavy atom. The summed E-state index contributed by atoms with van der Waals surface area (Å²) in [4.78, 5) is 30.8. The maximum Gasteiger partial charge on any atom is 0.266 e. The fourth-order valence-electron chi connectivity index (χ4n) is 3.55. The first-order chi connectivity index (χ1) is 15.5. The minimum atomic E-state index is -0.210. The van der Waals surface area contributed by atoms with Crippen molar-refractivity contribution in [3.63, 3.8) is 0 Å². The van der Waals surface area contributed by atoms with E-state index in [-0.39, 0.29) is 17.2 Å². The van der Waals surface area contributed by atoms with Crippen LogP contribution in [0.25, 0.3) is 16.6 Å². The quantitative estimate of drug-likeness (QED) is 0.343. The van der Waals surface area contributed by atoms with Gasteiger partial charge in [-0.05, 0) is 49.2 Å². The molecule has 3 aromatic carbocycles. The van der Waals surface area contributed by atoms with Gasteiger partial charge in [0.2, 0.25) is 5.91 Å². The Balaban J connectivity index is 1.72. The van der Waals surface area contributed by atoms with Crippen LogP contribution in [0.4, 0.5) is 5.69 Å². The second-order valence-corrected chi connectivity index (χ2v) is 8.27. The standard InChI is InChI=1S/C25H23N3O3S/c1-16-9-8-10-17(2)23(16)27-22(29)15-32-25-26-19-12-5-4-11-18(19)24(30)28(25)20-13-6-7-14-21(20)31-3/h4-14H,15H2,1-3H3,(H,27,29). The van der Waals surface area contributed by atoms with E-state index >= 15 is 0 Å². The number of para-hydroxylation sites is 4. The van der Waals surface area contributed by atoms with Crippen molar-refractivity contribution in [3.8, 4) is 11.4 Å². The van der Waals surface area contributed by atoms with Crippen molar-refractivity contribution >= 4 is 34.3 Å². The minimum Gasteiger partial charge on any atom is -0.495 e. The van der Waals surface area contributed by atoms with Crippen molar-refractivity contribution in [2.45, 2.75) is 19.0 Å². The average Bonchev–Trinajstić information content (AvgIpc) is 2.80. The van der Waals surface area contributed by atoms with Gasteiger partial charge in [-0.25, -0.2) is 4.98 Å². The molecule has 0 radical (unpaired) electrons. The largest absolute Gasteiger partial charge is 0.495 e. The summed E-state index contributed by atoms with van der Waals surface area (Å²) in [6.07, 6.45) is 0. The lowest BCUT2D eigenvalue weighted by molar-refractivity contribution is -0.113. The average molecular weight is 446 g/mol. The molecule has 0 atom stereocenters. The van der Waals surface area contributed by atoms with Gasteiger partial charge in [0.25, 0.3) is 5.56 Å². The number of fused-ring (bicyclic) bond motifs is 1. The molecule has 162 valence electrons. The molecule has 7 heteroatoms. The van der Waals surface area contributed by atoms with E-state index in [4.69, 9.17) is 9.72 Å². The summed E-state index contributed by atoms with van der Waals surface area (Å²) >= 11 is 1.21. The third-order valence-corrected chi connectivity index (χ3v) is 6.09. The van der Waals surface area contributed by atoms with E-state index in [1.165, 1.54) is 16.3 Å². The molecule has 0 fully saturated rings. The number of carbonyl (C=O) groups is 1. The molecule has 1 heterocycles. The number of thioether (sulfide) groups is 1. The zero-order chi connectivity index (χ0) is 22.7. The van der Waals surface area contributed by atoms with Gasteiger partial charge in [-0.3, -0.25) is 14.2 Å². The Labute approximate surface area is 190 Å². The van der Waals surface area contributed by atoms with Crippen LogP contribution in [-0.4, -0.2) is 28.3 Å². The maximum absolute atomic E-state index is 13.4. The monoisotopic (exact) mass is 445 g/mol. The molecular weight excluding hydrogens is 422 g/mol. The van der Waals surface area contributed by atoms with Crippen molar-refractivity contribution in [1.82, 2.24) is 9.55 Å². The Bertz CT molecular complexity index is 1340. The predicted molar refractivity (Wildman–Crippen MR) is 129 cm³/mol. The molecule has 4 rings (SSSR count). The highest BCUT2D eigenvalue weighted by molar-refractivity contribution is 7.99. The molecular formula is C25H23N3O3S. The van der Waals surface area contributed by atoms with Crippen molar-refractivity contribution < 1.29 is 9.53 Å². The lowest BCUT2D eigenvalue weighted by Gasteiger charge is -2.16. The van der Waals surface area contributed by atoms with E-state index in [0.29, 0.717) is 27.5 Å². The molecule has 0 aliphatic heterocycles. The normalized spacial score (nSPS) is 10.8. The van der Waals surface area contributed by atoms with E-state index in [1.807, 2.05) is 56.3 Å². The minimum absolute atomic E-state index is 0.105. The third kappa shape index (κ3) is 4.24. The molecule has 1 aromatic heterocycles. The van der Waals surface area contributed by atoms with Crippen molar-refractivity contribution in [2.24, 2.45) is 0 Å². The van der Waals surface area contributed by atoms with Crippen LogP contribution in [-0.2, 0) is 4.79 Å². The van der Waals surface area contributed by atoms with Crippen LogP contribution in [0.5, 0.6) is 5.75 Å². The lowest BCUT2D eigenvalue weighted by Crippen LogP contribution is -2.23. The zero-order valence-corrected chi connectivity index (χ0v) is 18.9. The number of amides is 1. The van der Waals surface area contributed by atoms with E-state index in [0.717, 1.165) is 16.8 Å². The maximum atomic E-state index is 13.4. The number of aromatic nitrogens is 2. The first-order valence-corrected chi connectivity index (χ1v) is 11.1. The van der Waals surface area contributed by atoms with Crippen molar-refractivity contribution in [2.75, 3.05) is 18.2 Å². The van der Waals surface area contributed by atoms with E-state index in [9.17, 15) is 9.59 Å². The molecule has 0 saturated heterocycles. The summed E-state index contributed by atoms with van der Waals surface area (Å²) in [5.41, 5.74) is 3.76. The first kappa shape index (κ1) is 21.6. The van der Waals surface area contributed by atoms with Gasteiger partial charge >= 0.3 is 0 Å². The van der Waals surface area contributed by atoms with Gasteiger partial charge in [0, 0.05) is 5.69 Å². The van der Waals surface area contributed by atoms with Crippen LogP contribution in [0.1, 0.15) is 11.1 Å². The van der Waals surface area contributed by atoms with E-state index in [2.05, 4.69) is 5.32 Å². The number of ether oxygens (including phenoxy) is 1. The summed E-state index contributed by atoms with van der Waals surface area (Å²) in [6, 6.07) is 20.3. The summed E-state index contributed by atoms with van der Waals surface area (Å²) in [5.74, 6) is 0.489. The number of rotatable bonds is 6. The van der Waals surface area contributed by atoms with Gasteiger partial charge in [0.05, 0.1) is 29.5 Å². The van der Waals surface area contributed by atoms with Crippen LogP contribution in [0, 0.1) is 13.8 Å². The van der Waals surface area contributed by atoms with Crippen molar-refractivity contribution in [3.05, 3.63) is 88.2 Å². The molecule has 0 aliphatic carbocycles. The number of aryl methyl sites for hydroxylation is 2. The van der Waals surface area contributed by atoms with Gasteiger partial charge in [-0.15, -0.1) is 0 Å². The topological polar surface area (TPSA) is 73.2 Å². The summed E-state index contributed by atoms with van der Waals surface area (Å²) < 4.78 is 6.99. The van der Waals surface area contributed by atoms with E-state index < -0.39 is 0 Å². The lowest BCUT2D eigenvalue weighted by atomic mass is 10.1. The smallest absolute Gasteiger partial charge is 0.266 e. The van der Waals surface area contributed by atoms with Gasteiger partial charge in [0.1, 0.15) is 5.75 Å². The number of benzene rings is 3. The first-order valence-electron chi connectivity index (χ1n) is 10.1. The number of hydrogen-bond donors (Lipinski definition) is 1. The summed E-state index contributed by atoms with van der Waals surface area (Å²) in [7, 11) is 1.56. The van der Waals surface area contributed by atoms with Crippen LogP contribution >= 0.6 is 11.8 Å². The summed E-state index contributed by atoms with van der Waals surface area (Å²) in [6.45, 7) is 3.92. The molecule has 0 unspecified atom stereocenters.